The van der Waals surface area contributed by atoms with Gasteiger partial charge in [0.05, 0.1) is 12.1 Å². The van der Waals surface area contributed by atoms with Gasteiger partial charge >= 0.3 is 0 Å². The Morgan fingerprint density at radius 3 is 2.77 bits per heavy atom. The number of hydrogen-bond acceptors (Lipinski definition) is 2. The van der Waals surface area contributed by atoms with Crippen LogP contribution in [0.25, 0.3) is 0 Å². The standard InChI is InChI=1S/C10H11ClO2/c1-7(12)5-8-3-4-9(11)10(6-8)13-2/h3-4,6H,5H2,1-2H3. The second kappa shape index (κ2) is 4.28. The Morgan fingerprint density at radius 2 is 2.23 bits per heavy atom. The summed E-state index contributed by atoms with van der Waals surface area (Å²) in [6, 6.07) is 5.34. The van der Waals surface area contributed by atoms with Gasteiger partial charge in [-0.05, 0) is 24.6 Å². The highest BCUT2D eigenvalue weighted by molar-refractivity contribution is 6.32. The summed E-state index contributed by atoms with van der Waals surface area (Å²) in [6.45, 7) is 1.56. The Bertz CT molecular complexity index is 321. The molecule has 0 radical (unpaired) electrons. The van der Waals surface area contributed by atoms with Gasteiger partial charge in [-0.15, -0.1) is 0 Å². The second-order valence-corrected chi connectivity index (χ2v) is 3.25. The molecule has 0 saturated heterocycles. The van der Waals surface area contributed by atoms with E-state index in [1.54, 1.807) is 26.2 Å². The monoisotopic (exact) mass is 198 g/mol. The van der Waals surface area contributed by atoms with E-state index < -0.39 is 0 Å². The maximum atomic E-state index is 10.8. The van der Waals surface area contributed by atoms with Crippen molar-refractivity contribution in [1.82, 2.24) is 0 Å². The molecule has 0 bridgehead atoms. The fraction of sp³-hybridized carbons (Fsp3) is 0.300. The minimum absolute atomic E-state index is 0.129. The van der Waals surface area contributed by atoms with Crippen LogP contribution in [-0.2, 0) is 11.2 Å². The molecule has 1 rings (SSSR count). The highest BCUT2D eigenvalue weighted by Gasteiger charge is 2.03. The third kappa shape index (κ3) is 2.74. The minimum Gasteiger partial charge on any atom is -0.495 e. The predicted octanol–water partition coefficient (Wildman–Crippen LogP) is 2.48. The summed E-state index contributed by atoms with van der Waals surface area (Å²) >= 11 is 5.82. The molecular formula is C10H11ClO2. The van der Waals surface area contributed by atoms with Gasteiger partial charge in [0, 0.05) is 6.42 Å². The van der Waals surface area contributed by atoms with Gasteiger partial charge in [0.1, 0.15) is 11.5 Å². The summed E-state index contributed by atoms with van der Waals surface area (Å²) in [6.07, 6.45) is 0.424. The van der Waals surface area contributed by atoms with Gasteiger partial charge < -0.3 is 4.74 Å². The predicted molar refractivity (Wildman–Crippen MR) is 52.4 cm³/mol. The Labute approximate surface area is 82.5 Å². The van der Waals surface area contributed by atoms with Crippen LogP contribution < -0.4 is 4.74 Å². The second-order valence-electron chi connectivity index (χ2n) is 2.85. The van der Waals surface area contributed by atoms with Crippen LogP contribution in [0.3, 0.4) is 0 Å². The zero-order valence-corrected chi connectivity index (χ0v) is 8.39. The molecule has 2 nitrogen and oxygen atoms in total. The molecule has 13 heavy (non-hydrogen) atoms. The van der Waals surface area contributed by atoms with Gasteiger partial charge in [-0.2, -0.15) is 0 Å². The number of carbonyl (C=O) groups is 1. The Balaban J connectivity index is 2.92. The molecule has 0 aromatic heterocycles. The molecule has 1 aromatic rings. The van der Waals surface area contributed by atoms with Crippen LogP contribution in [0.15, 0.2) is 18.2 Å². The van der Waals surface area contributed by atoms with Crippen molar-refractivity contribution in [3.8, 4) is 5.75 Å². The first kappa shape index (κ1) is 10.1. The fourth-order valence-corrected chi connectivity index (χ4v) is 1.30. The average Bonchev–Trinajstić information content (AvgIpc) is 2.07. The number of hydrogen-bond donors (Lipinski definition) is 0. The maximum Gasteiger partial charge on any atom is 0.137 e. The summed E-state index contributed by atoms with van der Waals surface area (Å²) in [5.41, 5.74) is 0.925. The molecule has 0 N–H and O–H groups in total. The zero-order chi connectivity index (χ0) is 9.84. The van der Waals surface area contributed by atoms with E-state index in [1.807, 2.05) is 6.07 Å². The fourth-order valence-electron chi connectivity index (χ4n) is 1.10. The van der Waals surface area contributed by atoms with Gasteiger partial charge in [0.2, 0.25) is 0 Å². The van der Waals surface area contributed by atoms with Crippen LogP contribution in [0.2, 0.25) is 5.02 Å². The van der Waals surface area contributed by atoms with Crippen molar-refractivity contribution in [3.63, 3.8) is 0 Å². The quantitative estimate of drug-likeness (QED) is 0.746. The van der Waals surface area contributed by atoms with Crippen LogP contribution >= 0.6 is 11.6 Å². The van der Waals surface area contributed by atoms with Crippen LogP contribution in [0, 0.1) is 0 Å². The number of Topliss-reactive ketones (excluding diaryl/α,β-unsaturated/α-hetero) is 1. The van der Waals surface area contributed by atoms with Crippen molar-refractivity contribution in [1.29, 1.82) is 0 Å². The minimum atomic E-state index is 0.129. The molecule has 0 aliphatic carbocycles. The number of rotatable bonds is 3. The molecule has 3 heteroatoms. The first-order valence-corrected chi connectivity index (χ1v) is 4.33. The van der Waals surface area contributed by atoms with Crippen molar-refractivity contribution in [2.75, 3.05) is 7.11 Å². The number of carbonyl (C=O) groups excluding carboxylic acids is 1. The van der Waals surface area contributed by atoms with Crippen molar-refractivity contribution < 1.29 is 9.53 Å². The lowest BCUT2D eigenvalue weighted by atomic mass is 10.1. The lowest BCUT2D eigenvalue weighted by Gasteiger charge is -2.04. The summed E-state index contributed by atoms with van der Waals surface area (Å²) < 4.78 is 5.02. The molecule has 70 valence electrons. The van der Waals surface area contributed by atoms with Crippen molar-refractivity contribution in [2.24, 2.45) is 0 Å². The van der Waals surface area contributed by atoms with Gasteiger partial charge in [0.15, 0.2) is 0 Å². The molecule has 0 saturated carbocycles. The Kier molecular flexibility index (Phi) is 3.32. The SMILES string of the molecule is COc1cc(CC(C)=O)ccc1Cl. The molecule has 0 spiro atoms. The smallest absolute Gasteiger partial charge is 0.137 e. The molecule has 0 heterocycles. The van der Waals surface area contributed by atoms with Gasteiger partial charge in [-0.25, -0.2) is 0 Å². The number of halogens is 1. The van der Waals surface area contributed by atoms with E-state index in [0.717, 1.165) is 5.56 Å². The first-order valence-electron chi connectivity index (χ1n) is 3.95. The van der Waals surface area contributed by atoms with E-state index in [2.05, 4.69) is 0 Å². The zero-order valence-electron chi connectivity index (χ0n) is 7.63. The van der Waals surface area contributed by atoms with Crippen molar-refractivity contribution >= 4 is 17.4 Å². The van der Waals surface area contributed by atoms with Crippen LogP contribution in [0.1, 0.15) is 12.5 Å². The number of ketones is 1. The lowest BCUT2D eigenvalue weighted by Crippen LogP contribution is -1.96. The summed E-state index contributed by atoms with van der Waals surface area (Å²) in [4.78, 5) is 10.8. The average molecular weight is 199 g/mol. The molecule has 0 aliphatic rings. The number of methoxy groups -OCH3 is 1. The highest BCUT2D eigenvalue weighted by atomic mass is 35.5. The lowest BCUT2D eigenvalue weighted by molar-refractivity contribution is -0.116. The van der Waals surface area contributed by atoms with E-state index in [-0.39, 0.29) is 5.78 Å². The molecule has 0 aliphatic heterocycles. The van der Waals surface area contributed by atoms with Crippen LogP contribution in [0.4, 0.5) is 0 Å². The topological polar surface area (TPSA) is 26.3 Å². The first-order chi connectivity index (χ1) is 6.13. The molecule has 0 amide bonds. The van der Waals surface area contributed by atoms with E-state index >= 15 is 0 Å². The van der Waals surface area contributed by atoms with Crippen LogP contribution in [-0.4, -0.2) is 12.9 Å². The largest absolute Gasteiger partial charge is 0.495 e. The number of benzene rings is 1. The van der Waals surface area contributed by atoms with Gasteiger partial charge in [-0.3, -0.25) is 4.79 Å². The number of ether oxygens (including phenoxy) is 1. The summed E-state index contributed by atoms with van der Waals surface area (Å²) in [5, 5.41) is 0.565. The third-order valence-electron chi connectivity index (χ3n) is 1.67. The third-order valence-corrected chi connectivity index (χ3v) is 1.98. The molecule has 0 fully saturated rings. The summed E-state index contributed by atoms with van der Waals surface area (Å²) in [7, 11) is 1.55. The van der Waals surface area contributed by atoms with Crippen molar-refractivity contribution in [2.45, 2.75) is 13.3 Å². The maximum absolute atomic E-state index is 10.8. The van der Waals surface area contributed by atoms with Crippen LogP contribution in [0.5, 0.6) is 5.75 Å². The Morgan fingerprint density at radius 1 is 1.54 bits per heavy atom. The van der Waals surface area contributed by atoms with E-state index in [9.17, 15) is 4.79 Å². The molecule has 0 atom stereocenters. The highest BCUT2D eigenvalue weighted by Crippen LogP contribution is 2.25. The molecular weight excluding hydrogens is 188 g/mol. The molecule has 0 unspecified atom stereocenters. The van der Waals surface area contributed by atoms with Crippen molar-refractivity contribution in [3.05, 3.63) is 28.8 Å². The Hall–Kier alpha value is -1.02. The molecule has 1 aromatic carbocycles. The summed E-state index contributed by atoms with van der Waals surface area (Å²) in [5.74, 6) is 0.741. The van der Waals surface area contributed by atoms with E-state index in [4.69, 9.17) is 16.3 Å². The van der Waals surface area contributed by atoms with Gasteiger partial charge in [0.25, 0.3) is 0 Å². The van der Waals surface area contributed by atoms with Gasteiger partial charge in [-0.1, -0.05) is 17.7 Å². The normalized spacial score (nSPS) is 9.77. The van der Waals surface area contributed by atoms with E-state index in [0.29, 0.717) is 17.2 Å². The van der Waals surface area contributed by atoms with E-state index in [1.165, 1.54) is 0 Å².